The van der Waals surface area contributed by atoms with Gasteiger partial charge in [0.1, 0.15) is 5.82 Å². The quantitative estimate of drug-likeness (QED) is 0.936. The van der Waals surface area contributed by atoms with E-state index in [9.17, 15) is 9.18 Å². The van der Waals surface area contributed by atoms with Gasteiger partial charge in [0.05, 0.1) is 17.8 Å². The second kappa shape index (κ2) is 6.73. The van der Waals surface area contributed by atoms with Crippen LogP contribution < -0.4 is 5.32 Å². The molecule has 2 aromatic rings. The van der Waals surface area contributed by atoms with Crippen LogP contribution in [0, 0.1) is 19.7 Å². The highest BCUT2D eigenvalue weighted by Crippen LogP contribution is 2.20. The Balaban J connectivity index is 1.84. The Kier molecular flexibility index (Phi) is 4.66. The maximum atomic E-state index is 13.1. The van der Waals surface area contributed by atoms with Crippen molar-refractivity contribution < 1.29 is 9.18 Å². The lowest BCUT2D eigenvalue weighted by Gasteiger charge is -2.34. The third kappa shape index (κ3) is 3.19. The van der Waals surface area contributed by atoms with Crippen LogP contribution in [0.1, 0.15) is 23.9 Å². The summed E-state index contributed by atoms with van der Waals surface area (Å²) in [4.78, 5) is 14.6. The number of amides is 1. The second-order valence-corrected chi connectivity index (χ2v) is 6.35. The molecule has 2 heterocycles. The Morgan fingerprint density at radius 3 is 2.71 bits per heavy atom. The molecule has 0 aliphatic carbocycles. The first kappa shape index (κ1) is 16.6. The van der Waals surface area contributed by atoms with Crippen LogP contribution in [0.4, 0.5) is 4.39 Å². The molecule has 1 aromatic carbocycles. The molecule has 0 spiro atoms. The summed E-state index contributed by atoms with van der Waals surface area (Å²) in [5.41, 5.74) is 3.52. The summed E-state index contributed by atoms with van der Waals surface area (Å²) in [7, 11) is 0. The van der Waals surface area contributed by atoms with Gasteiger partial charge in [-0.3, -0.25) is 4.79 Å². The van der Waals surface area contributed by atoms with Crippen molar-refractivity contribution in [1.29, 1.82) is 0 Å². The van der Waals surface area contributed by atoms with Gasteiger partial charge in [-0.1, -0.05) is 0 Å². The number of hydrogen-bond donors (Lipinski definition) is 1. The zero-order valence-electron chi connectivity index (χ0n) is 14.3. The van der Waals surface area contributed by atoms with Crippen LogP contribution in [-0.2, 0) is 11.2 Å². The lowest BCUT2D eigenvalue weighted by Crippen LogP contribution is -2.52. The largest absolute Gasteiger partial charge is 0.337 e. The zero-order valence-corrected chi connectivity index (χ0v) is 14.3. The molecular formula is C18H23FN4O. The lowest BCUT2D eigenvalue weighted by molar-refractivity contribution is -0.133. The van der Waals surface area contributed by atoms with E-state index in [0.717, 1.165) is 42.3 Å². The van der Waals surface area contributed by atoms with E-state index in [-0.39, 0.29) is 17.8 Å². The molecule has 6 heteroatoms. The average Bonchev–Trinajstić information content (AvgIpc) is 2.84. The van der Waals surface area contributed by atoms with Gasteiger partial charge in [-0.25, -0.2) is 9.07 Å². The molecule has 3 rings (SSSR count). The number of piperazine rings is 1. The number of rotatable bonds is 3. The molecule has 5 nitrogen and oxygen atoms in total. The molecular weight excluding hydrogens is 307 g/mol. The van der Waals surface area contributed by atoms with E-state index in [2.05, 4.69) is 17.3 Å². The van der Waals surface area contributed by atoms with Gasteiger partial charge in [0, 0.05) is 36.9 Å². The van der Waals surface area contributed by atoms with E-state index in [4.69, 9.17) is 0 Å². The molecule has 0 unspecified atom stereocenters. The number of aromatic nitrogens is 2. The topological polar surface area (TPSA) is 50.2 Å². The number of nitrogens with zero attached hydrogens (tertiary/aromatic N) is 3. The molecule has 0 bridgehead atoms. The minimum absolute atomic E-state index is 0.133. The molecule has 0 saturated carbocycles. The van der Waals surface area contributed by atoms with Gasteiger partial charge >= 0.3 is 0 Å². The number of halogens is 1. The van der Waals surface area contributed by atoms with Crippen LogP contribution in [0.25, 0.3) is 5.69 Å². The minimum Gasteiger partial charge on any atom is -0.337 e. The van der Waals surface area contributed by atoms with Crippen molar-refractivity contribution in [3.05, 3.63) is 47.0 Å². The van der Waals surface area contributed by atoms with Gasteiger partial charge in [0.25, 0.3) is 0 Å². The van der Waals surface area contributed by atoms with Crippen molar-refractivity contribution in [2.45, 2.75) is 33.2 Å². The Hall–Kier alpha value is -2.21. The molecule has 1 aliphatic heterocycles. The molecule has 1 saturated heterocycles. The molecule has 1 atom stereocenters. The molecule has 0 radical (unpaired) electrons. The summed E-state index contributed by atoms with van der Waals surface area (Å²) in [6, 6.07) is 6.43. The summed E-state index contributed by atoms with van der Waals surface area (Å²) >= 11 is 0. The van der Waals surface area contributed by atoms with Crippen molar-refractivity contribution >= 4 is 5.91 Å². The Labute approximate surface area is 141 Å². The molecule has 24 heavy (non-hydrogen) atoms. The average molecular weight is 330 g/mol. The molecule has 128 valence electrons. The maximum Gasteiger partial charge on any atom is 0.227 e. The van der Waals surface area contributed by atoms with E-state index in [1.165, 1.54) is 12.1 Å². The standard InChI is InChI=1S/C18H23FN4O/c1-12-11-20-8-9-22(12)18(24)10-17-13(2)21-23(14(17)3)16-6-4-15(19)5-7-16/h4-7,12,20H,8-11H2,1-3H3/t12-/m0/s1. The van der Waals surface area contributed by atoms with Gasteiger partial charge in [-0.05, 0) is 45.0 Å². The van der Waals surface area contributed by atoms with E-state index in [1.807, 2.05) is 18.7 Å². The van der Waals surface area contributed by atoms with Crippen LogP contribution in [0.5, 0.6) is 0 Å². The zero-order chi connectivity index (χ0) is 17.3. The first-order valence-electron chi connectivity index (χ1n) is 8.28. The van der Waals surface area contributed by atoms with E-state index < -0.39 is 0 Å². The van der Waals surface area contributed by atoms with Crippen LogP contribution in [0.2, 0.25) is 0 Å². The van der Waals surface area contributed by atoms with Crippen molar-refractivity contribution in [1.82, 2.24) is 20.0 Å². The number of carbonyl (C=O) groups is 1. The summed E-state index contributed by atoms with van der Waals surface area (Å²) in [6.07, 6.45) is 0.350. The predicted molar refractivity (Wildman–Crippen MR) is 90.7 cm³/mol. The fourth-order valence-corrected chi connectivity index (χ4v) is 3.23. The van der Waals surface area contributed by atoms with E-state index >= 15 is 0 Å². The predicted octanol–water partition coefficient (Wildman–Crippen LogP) is 1.99. The molecule has 1 aliphatic rings. The van der Waals surface area contributed by atoms with Crippen LogP contribution >= 0.6 is 0 Å². The second-order valence-electron chi connectivity index (χ2n) is 6.35. The maximum absolute atomic E-state index is 13.1. The summed E-state index contributed by atoms with van der Waals surface area (Å²) < 4.78 is 14.9. The minimum atomic E-state index is -0.275. The van der Waals surface area contributed by atoms with Crippen LogP contribution in [-0.4, -0.2) is 46.3 Å². The molecule has 1 aromatic heterocycles. The highest BCUT2D eigenvalue weighted by Gasteiger charge is 2.25. The number of carbonyl (C=O) groups excluding carboxylic acids is 1. The normalized spacial score (nSPS) is 18.0. The Morgan fingerprint density at radius 2 is 2.04 bits per heavy atom. The highest BCUT2D eigenvalue weighted by atomic mass is 19.1. The van der Waals surface area contributed by atoms with Crippen molar-refractivity contribution in [3.8, 4) is 5.69 Å². The third-order valence-corrected chi connectivity index (χ3v) is 4.66. The Morgan fingerprint density at radius 1 is 1.33 bits per heavy atom. The molecule has 1 N–H and O–H groups in total. The molecule has 1 amide bonds. The third-order valence-electron chi connectivity index (χ3n) is 4.66. The number of hydrogen-bond acceptors (Lipinski definition) is 3. The monoisotopic (exact) mass is 330 g/mol. The number of benzene rings is 1. The smallest absolute Gasteiger partial charge is 0.227 e. The van der Waals surface area contributed by atoms with Gasteiger partial charge in [0.2, 0.25) is 5.91 Å². The first-order chi connectivity index (χ1) is 11.5. The van der Waals surface area contributed by atoms with Crippen molar-refractivity contribution in [3.63, 3.8) is 0 Å². The van der Waals surface area contributed by atoms with Crippen LogP contribution in [0.3, 0.4) is 0 Å². The number of nitrogens with one attached hydrogen (secondary N) is 1. The fraction of sp³-hybridized carbons (Fsp3) is 0.444. The van der Waals surface area contributed by atoms with Crippen molar-refractivity contribution in [2.75, 3.05) is 19.6 Å². The van der Waals surface area contributed by atoms with E-state index in [1.54, 1.807) is 16.8 Å². The van der Waals surface area contributed by atoms with Crippen LogP contribution in [0.15, 0.2) is 24.3 Å². The van der Waals surface area contributed by atoms with Crippen molar-refractivity contribution in [2.24, 2.45) is 0 Å². The summed E-state index contributed by atoms with van der Waals surface area (Å²) in [5, 5.41) is 7.83. The SMILES string of the molecule is Cc1nn(-c2ccc(F)cc2)c(C)c1CC(=O)N1CCNC[C@@H]1C. The van der Waals surface area contributed by atoms with Gasteiger partial charge in [-0.15, -0.1) is 0 Å². The number of aryl methyl sites for hydroxylation is 1. The van der Waals surface area contributed by atoms with Gasteiger partial charge in [0.15, 0.2) is 0 Å². The van der Waals surface area contributed by atoms with E-state index in [0.29, 0.717) is 6.42 Å². The first-order valence-corrected chi connectivity index (χ1v) is 8.28. The summed E-state index contributed by atoms with van der Waals surface area (Å²) in [5.74, 6) is -0.141. The fourth-order valence-electron chi connectivity index (χ4n) is 3.23. The summed E-state index contributed by atoms with van der Waals surface area (Å²) in [6.45, 7) is 8.33. The highest BCUT2D eigenvalue weighted by molar-refractivity contribution is 5.79. The lowest BCUT2D eigenvalue weighted by atomic mass is 10.1. The van der Waals surface area contributed by atoms with Gasteiger partial charge in [-0.2, -0.15) is 5.10 Å². The molecule has 1 fully saturated rings. The Bertz CT molecular complexity index is 738. The van der Waals surface area contributed by atoms with Gasteiger partial charge < -0.3 is 10.2 Å².